The quantitative estimate of drug-likeness (QED) is 0.798. The zero-order valence-corrected chi connectivity index (χ0v) is 12.3. The van der Waals surface area contributed by atoms with Crippen LogP contribution in [0.2, 0.25) is 0 Å². The maximum absolute atomic E-state index is 5.97. The molecular formula is C14H17N5S. The van der Waals surface area contributed by atoms with Gasteiger partial charge in [-0.15, -0.1) is 0 Å². The molecule has 3 rings (SSSR count). The van der Waals surface area contributed by atoms with Crippen LogP contribution in [0.5, 0.6) is 0 Å². The highest BCUT2D eigenvalue weighted by Crippen LogP contribution is 2.30. The topological polar surface area (TPSA) is 61.1 Å². The molecule has 1 unspecified atom stereocenters. The normalized spacial score (nSPS) is 12.9. The van der Waals surface area contributed by atoms with Gasteiger partial charge in [-0.2, -0.15) is 5.10 Å². The van der Waals surface area contributed by atoms with E-state index in [9.17, 15) is 0 Å². The largest absolute Gasteiger partial charge is 0.328 e. The number of nitrogens with zero attached hydrogens (tertiary/aromatic N) is 4. The van der Waals surface area contributed by atoms with Crippen LogP contribution in [-0.4, -0.2) is 25.2 Å². The number of aromatic nitrogens is 4. The van der Waals surface area contributed by atoms with Crippen molar-refractivity contribution in [3.63, 3.8) is 0 Å². The number of pyridine rings is 1. The smallest absolute Gasteiger partial charge is 0.138 e. The second-order valence-electron chi connectivity index (χ2n) is 4.93. The van der Waals surface area contributed by atoms with Gasteiger partial charge >= 0.3 is 0 Å². The minimum Gasteiger partial charge on any atom is -0.328 e. The van der Waals surface area contributed by atoms with E-state index in [2.05, 4.69) is 9.50 Å². The molecule has 0 bridgehead atoms. The summed E-state index contributed by atoms with van der Waals surface area (Å²) >= 11 is 1.63. The number of hydrogen-bond acceptors (Lipinski definition) is 4. The Balaban J connectivity index is 2.04. The summed E-state index contributed by atoms with van der Waals surface area (Å²) in [5.41, 5.74) is 8.08. The molecule has 0 spiro atoms. The molecule has 2 N–H and O–H groups in total. The van der Waals surface area contributed by atoms with Crippen molar-refractivity contribution in [2.45, 2.75) is 29.3 Å². The lowest BCUT2D eigenvalue weighted by atomic mass is 10.2. The van der Waals surface area contributed by atoms with E-state index in [0.29, 0.717) is 0 Å². The summed E-state index contributed by atoms with van der Waals surface area (Å²) in [5.74, 6) is 0. The number of hydrogen-bond donors (Lipinski definition) is 1. The van der Waals surface area contributed by atoms with Gasteiger partial charge < -0.3 is 10.1 Å². The summed E-state index contributed by atoms with van der Waals surface area (Å²) in [5, 5.41) is 5.20. The van der Waals surface area contributed by atoms with Gasteiger partial charge in [0, 0.05) is 31.9 Å². The van der Waals surface area contributed by atoms with E-state index in [1.165, 1.54) is 0 Å². The van der Waals surface area contributed by atoms with Crippen molar-refractivity contribution < 1.29 is 0 Å². The summed E-state index contributed by atoms with van der Waals surface area (Å²) in [7, 11) is 1.91. The van der Waals surface area contributed by atoms with E-state index in [1.807, 2.05) is 50.8 Å². The van der Waals surface area contributed by atoms with Crippen LogP contribution < -0.4 is 5.73 Å². The second kappa shape index (κ2) is 5.30. The average Bonchev–Trinajstić information content (AvgIpc) is 2.95. The maximum Gasteiger partial charge on any atom is 0.138 e. The van der Waals surface area contributed by atoms with E-state index in [-0.39, 0.29) is 6.04 Å². The van der Waals surface area contributed by atoms with Gasteiger partial charge in [-0.25, -0.2) is 4.98 Å². The molecule has 5 nitrogen and oxygen atoms in total. The van der Waals surface area contributed by atoms with Crippen LogP contribution >= 0.6 is 11.8 Å². The second-order valence-corrected chi connectivity index (χ2v) is 5.99. The molecule has 0 saturated heterocycles. The molecule has 1 atom stereocenters. The van der Waals surface area contributed by atoms with Gasteiger partial charge in [0.1, 0.15) is 10.7 Å². The van der Waals surface area contributed by atoms with E-state index in [0.717, 1.165) is 27.7 Å². The van der Waals surface area contributed by atoms with Crippen molar-refractivity contribution in [2.75, 3.05) is 0 Å². The van der Waals surface area contributed by atoms with Crippen molar-refractivity contribution in [1.82, 2.24) is 19.2 Å². The molecule has 104 valence electrons. The molecule has 3 heterocycles. The van der Waals surface area contributed by atoms with E-state index >= 15 is 0 Å². The van der Waals surface area contributed by atoms with Gasteiger partial charge in [0.05, 0.1) is 16.8 Å². The molecule has 0 radical (unpaired) electrons. The van der Waals surface area contributed by atoms with Crippen LogP contribution in [0.3, 0.4) is 0 Å². The summed E-state index contributed by atoms with van der Waals surface area (Å²) in [6.07, 6.45) is 6.68. The molecule has 0 aliphatic rings. The van der Waals surface area contributed by atoms with Gasteiger partial charge in [-0.1, -0.05) is 17.8 Å². The molecule has 6 heteroatoms. The van der Waals surface area contributed by atoms with Crippen molar-refractivity contribution in [3.8, 4) is 0 Å². The Labute approximate surface area is 121 Å². The predicted molar refractivity (Wildman–Crippen MR) is 79.9 cm³/mol. The SMILES string of the molecule is CC(N)Cc1c(Sc2cnn(C)c2)nc2ccccn12. The zero-order chi connectivity index (χ0) is 14.1. The zero-order valence-electron chi connectivity index (χ0n) is 11.5. The molecule has 0 aliphatic carbocycles. The first kappa shape index (κ1) is 13.2. The minimum absolute atomic E-state index is 0.100. The van der Waals surface area contributed by atoms with Crippen LogP contribution in [0.25, 0.3) is 5.65 Å². The molecule has 3 aromatic rings. The Morgan fingerprint density at radius 1 is 1.40 bits per heavy atom. The van der Waals surface area contributed by atoms with Crippen LogP contribution in [-0.2, 0) is 13.5 Å². The summed E-state index contributed by atoms with van der Waals surface area (Å²) in [4.78, 5) is 5.79. The van der Waals surface area contributed by atoms with Crippen LogP contribution in [0, 0.1) is 0 Å². The van der Waals surface area contributed by atoms with E-state index < -0.39 is 0 Å². The Bertz CT molecular complexity index is 728. The number of imidazole rings is 1. The highest BCUT2D eigenvalue weighted by molar-refractivity contribution is 7.99. The average molecular weight is 287 g/mol. The van der Waals surface area contributed by atoms with Crippen LogP contribution in [0.15, 0.2) is 46.7 Å². The molecule has 0 aromatic carbocycles. The fourth-order valence-corrected chi connectivity index (χ4v) is 3.13. The molecule has 3 aromatic heterocycles. The first-order valence-electron chi connectivity index (χ1n) is 6.51. The van der Waals surface area contributed by atoms with Crippen molar-refractivity contribution in [3.05, 3.63) is 42.5 Å². The standard InChI is InChI=1S/C14H17N5S/c1-10(15)7-12-14(20-11-8-16-18(2)9-11)17-13-5-3-4-6-19(12)13/h3-6,8-10H,7,15H2,1-2H3. The Hall–Kier alpha value is -1.79. The lowest BCUT2D eigenvalue weighted by molar-refractivity contribution is 0.705. The lowest BCUT2D eigenvalue weighted by Crippen LogP contribution is -2.19. The monoisotopic (exact) mass is 287 g/mol. The third-order valence-corrected chi connectivity index (χ3v) is 3.97. The van der Waals surface area contributed by atoms with Crippen LogP contribution in [0.1, 0.15) is 12.6 Å². The van der Waals surface area contributed by atoms with Crippen LogP contribution in [0.4, 0.5) is 0 Å². The minimum atomic E-state index is 0.100. The fourth-order valence-electron chi connectivity index (χ4n) is 2.16. The molecular weight excluding hydrogens is 270 g/mol. The van der Waals surface area contributed by atoms with Crippen molar-refractivity contribution >= 4 is 17.4 Å². The van der Waals surface area contributed by atoms with Gasteiger partial charge in [-0.3, -0.25) is 4.68 Å². The molecule has 0 fully saturated rings. The summed E-state index contributed by atoms with van der Waals surface area (Å²) in [6, 6.07) is 6.12. The fraction of sp³-hybridized carbons (Fsp3) is 0.286. The van der Waals surface area contributed by atoms with Gasteiger partial charge in [0.25, 0.3) is 0 Å². The summed E-state index contributed by atoms with van der Waals surface area (Å²) < 4.78 is 3.91. The molecule has 0 amide bonds. The number of fused-ring (bicyclic) bond motifs is 1. The van der Waals surface area contributed by atoms with E-state index in [1.54, 1.807) is 16.4 Å². The Kier molecular flexibility index (Phi) is 3.50. The first-order chi connectivity index (χ1) is 9.63. The first-order valence-corrected chi connectivity index (χ1v) is 7.33. The van der Waals surface area contributed by atoms with E-state index in [4.69, 9.17) is 10.7 Å². The lowest BCUT2D eigenvalue weighted by Gasteiger charge is -2.07. The Morgan fingerprint density at radius 3 is 2.95 bits per heavy atom. The Morgan fingerprint density at radius 2 is 2.25 bits per heavy atom. The molecule has 0 aliphatic heterocycles. The van der Waals surface area contributed by atoms with Crippen molar-refractivity contribution in [1.29, 1.82) is 0 Å². The van der Waals surface area contributed by atoms with Gasteiger partial charge in [-0.05, 0) is 19.1 Å². The highest BCUT2D eigenvalue weighted by Gasteiger charge is 2.15. The van der Waals surface area contributed by atoms with Gasteiger partial charge in [0.15, 0.2) is 0 Å². The molecule has 20 heavy (non-hydrogen) atoms. The number of aryl methyl sites for hydroxylation is 1. The van der Waals surface area contributed by atoms with Gasteiger partial charge in [0.2, 0.25) is 0 Å². The highest BCUT2D eigenvalue weighted by atomic mass is 32.2. The third-order valence-electron chi connectivity index (χ3n) is 3.00. The molecule has 0 saturated carbocycles. The number of nitrogens with two attached hydrogens (primary N) is 1. The third kappa shape index (κ3) is 2.57. The maximum atomic E-state index is 5.97. The predicted octanol–water partition coefficient (Wildman–Crippen LogP) is 2.11. The van der Waals surface area contributed by atoms with Crippen molar-refractivity contribution in [2.24, 2.45) is 12.8 Å². The number of rotatable bonds is 4. The summed E-state index contributed by atoms with van der Waals surface area (Å²) in [6.45, 7) is 2.01.